The van der Waals surface area contributed by atoms with Crippen molar-refractivity contribution in [2.24, 2.45) is 0 Å². The van der Waals surface area contributed by atoms with Crippen LogP contribution in [0.4, 0.5) is 5.69 Å². The summed E-state index contributed by atoms with van der Waals surface area (Å²) in [5.41, 5.74) is 1.04. The summed E-state index contributed by atoms with van der Waals surface area (Å²) >= 11 is 0. The van der Waals surface area contributed by atoms with Crippen LogP contribution in [0.2, 0.25) is 0 Å². The lowest BCUT2D eigenvalue weighted by atomic mass is 10.3. The molecule has 0 bridgehead atoms. The van der Waals surface area contributed by atoms with Crippen LogP contribution in [-0.2, 0) is 4.84 Å². The second-order valence-corrected chi connectivity index (χ2v) is 2.37. The van der Waals surface area contributed by atoms with Gasteiger partial charge in [-0.15, -0.1) is 6.58 Å². The average Bonchev–Trinajstić information content (AvgIpc) is 2.15. The number of para-hydroxylation sites is 1. The van der Waals surface area contributed by atoms with Crippen molar-refractivity contribution >= 4 is 5.69 Å². The maximum absolute atomic E-state index is 5.14. The van der Waals surface area contributed by atoms with E-state index in [1.54, 1.807) is 18.2 Å². The van der Waals surface area contributed by atoms with Crippen LogP contribution in [0.3, 0.4) is 0 Å². The van der Waals surface area contributed by atoms with Crippen molar-refractivity contribution in [3.8, 4) is 0 Å². The third-order valence-corrected chi connectivity index (χ3v) is 1.56. The molecule has 2 nitrogen and oxygen atoms in total. The molecule has 1 rings (SSSR count). The SMILES string of the molecule is C=CCN(OC)c1ccccc1. The lowest BCUT2D eigenvalue weighted by molar-refractivity contribution is 0.175. The molecule has 0 aliphatic rings. The zero-order valence-corrected chi connectivity index (χ0v) is 7.23. The Morgan fingerprint density at radius 1 is 1.42 bits per heavy atom. The number of hydrogen-bond acceptors (Lipinski definition) is 2. The van der Waals surface area contributed by atoms with Gasteiger partial charge in [0.25, 0.3) is 0 Å². The first-order valence-electron chi connectivity index (χ1n) is 3.86. The van der Waals surface area contributed by atoms with Crippen molar-refractivity contribution in [1.29, 1.82) is 0 Å². The molecule has 0 amide bonds. The molecule has 0 radical (unpaired) electrons. The Labute approximate surface area is 73.0 Å². The molecule has 12 heavy (non-hydrogen) atoms. The van der Waals surface area contributed by atoms with Crippen LogP contribution >= 0.6 is 0 Å². The van der Waals surface area contributed by atoms with Crippen molar-refractivity contribution in [2.75, 3.05) is 18.7 Å². The molecule has 0 fully saturated rings. The van der Waals surface area contributed by atoms with Gasteiger partial charge in [-0.05, 0) is 12.1 Å². The van der Waals surface area contributed by atoms with Gasteiger partial charge >= 0.3 is 0 Å². The van der Waals surface area contributed by atoms with E-state index in [1.165, 1.54) is 0 Å². The van der Waals surface area contributed by atoms with Crippen LogP contribution in [0.25, 0.3) is 0 Å². The Balaban J connectivity index is 2.72. The maximum atomic E-state index is 5.14. The first-order chi connectivity index (χ1) is 5.88. The fraction of sp³-hybridized carbons (Fsp3) is 0.200. The minimum atomic E-state index is 0.695. The third-order valence-electron chi connectivity index (χ3n) is 1.56. The van der Waals surface area contributed by atoms with Crippen molar-refractivity contribution in [3.63, 3.8) is 0 Å². The number of rotatable bonds is 4. The van der Waals surface area contributed by atoms with Gasteiger partial charge in [0.15, 0.2) is 0 Å². The van der Waals surface area contributed by atoms with Crippen LogP contribution in [0, 0.1) is 0 Å². The monoisotopic (exact) mass is 163 g/mol. The Kier molecular flexibility index (Phi) is 3.35. The molecule has 2 heteroatoms. The Morgan fingerprint density at radius 2 is 2.08 bits per heavy atom. The lowest BCUT2D eigenvalue weighted by Gasteiger charge is -2.19. The number of hydroxylamine groups is 1. The Bertz CT molecular complexity index is 233. The molecule has 64 valence electrons. The molecule has 0 unspecified atom stereocenters. The molecular formula is C10H13NO. The molecule has 1 aromatic carbocycles. The smallest absolute Gasteiger partial charge is 0.0640 e. The highest BCUT2D eigenvalue weighted by Gasteiger charge is 1.99. The normalized spacial score (nSPS) is 9.42. The van der Waals surface area contributed by atoms with Crippen molar-refractivity contribution in [1.82, 2.24) is 0 Å². The summed E-state index contributed by atoms with van der Waals surface area (Å²) in [6.45, 7) is 4.35. The zero-order valence-electron chi connectivity index (χ0n) is 7.23. The molecule has 0 aliphatic heterocycles. The molecule has 0 saturated carbocycles. The summed E-state index contributed by atoms with van der Waals surface area (Å²) in [7, 11) is 1.65. The van der Waals surface area contributed by atoms with E-state index in [-0.39, 0.29) is 0 Å². The molecular weight excluding hydrogens is 150 g/mol. The molecule has 0 saturated heterocycles. The first-order valence-corrected chi connectivity index (χ1v) is 3.86. The number of nitrogens with zero attached hydrogens (tertiary/aromatic N) is 1. The van der Waals surface area contributed by atoms with Gasteiger partial charge in [-0.2, -0.15) is 0 Å². The minimum absolute atomic E-state index is 0.695. The van der Waals surface area contributed by atoms with Crippen LogP contribution in [0.5, 0.6) is 0 Å². The summed E-state index contributed by atoms with van der Waals surface area (Å²) in [4.78, 5) is 5.14. The van der Waals surface area contributed by atoms with E-state index in [9.17, 15) is 0 Å². The van der Waals surface area contributed by atoms with Crippen molar-refractivity contribution in [2.45, 2.75) is 0 Å². The van der Waals surface area contributed by atoms with Gasteiger partial charge in [-0.25, -0.2) is 0 Å². The maximum Gasteiger partial charge on any atom is 0.0640 e. The van der Waals surface area contributed by atoms with Gasteiger partial charge in [0.05, 0.1) is 19.3 Å². The quantitative estimate of drug-likeness (QED) is 0.498. The van der Waals surface area contributed by atoms with E-state index in [4.69, 9.17) is 4.84 Å². The fourth-order valence-corrected chi connectivity index (χ4v) is 0.997. The number of benzene rings is 1. The third kappa shape index (κ3) is 2.10. The molecule has 0 spiro atoms. The molecule has 1 aromatic rings. The highest BCUT2D eigenvalue weighted by atomic mass is 16.7. The molecule has 0 aromatic heterocycles. The Hall–Kier alpha value is -1.28. The van der Waals surface area contributed by atoms with E-state index in [2.05, 4.69) is 6.58 Å². The highest BCUT2D eigenvalue weighted by molar-refractivity contribution is 5.43. The topological polar surface area (TPSA) is 12.5 Å². The summed E-state index contributed by atoms with van der Waals surface area (Å²) in [6.07, 6.45) is 1.80. The second kappa shape index (κ2) is 4.57. The van der Waals surface area contributed by atoms with E-state index in [0.717, 1.165) is 5.69 Å². The summed E-state index contributed by atoms with van der Waals surface area (Å²) in [6, 6.07) is 9.92. The summed E-state index contributed by atoms with van der Waals surface area (Å²) in [5.74, 6) is 0. The Morgan fingerprint density at radius 3 is 2.58 bits per heavy atom. The predicted octanol–water partition coefficient (Wildman–Crippen LogP) is 2.24. The van der Waals surface area contributed by atoms with E-state index < -0.39 is 0 Å². The van der Waals surface area contributed by atoms with Gasteiger partial charge in [0.1, 0.15) is 0 Å². The summed E-state index contributed by atoms with van der Waals surface area (Å²) in [5, 5.41) is 1.77. The standard InChI is InChI=1S/C10H13NO/c1-3-9-11(12-2)10-7-5-4-6-8-10/h3-8H,1,9H2,2H3. The average molecular weight is 163 g/mol. The molecule has 0 heterocycles. The van der Waals surface area contributed by atoms with Gasteiger partial charge in [0, 0.05) is 0 Å². The van der Waals surface area contributed by atoms with Crippen LogP contribution in [0.1, 0.15) is 0 Å². The fourth-order valence-electron chi connectivity index (χ4n) is 0.997. The number of hydrogen-bond donors (Lipinski definition) is 0. The predicted molar refractivity (Wildman–Crippen MR) is 51.0 cm³/mol. The zero-order chi connectivity index (χ0) is 8.81. The first kappa shape index (κ1) is 8.81. The number of anilines is 1. The van der Waals surface area contributed by atoms with Gasteiger partial charge < -0.3 is 0 Å². The van der Waals surface area contributed by atoms with Crippen LogP contribution in [0.15, 0.2) is 43.0 Å². The lowest BCUT2D eigenvalue weighted by Crippen LogP contribution is -2.21. The van der Waals surface area contributed by atoms with Gasteiger partial charge in [-0.1, -0.05) is 24.3 Å². The largest absolute Gasteiger partial charge is 0.276 e. The van der Waals surface area contributed by atoms with Crippen molar-refractivity contribution in [3.05, 3.63) is 43.0 Å². The van der Waals surface area contributed by atoms with E-state index in [0.29, 0.717) is 6.54 Å². The van der Waals surface area contributed by atoms with Crippen molar-refractivity contribution < 1.29 is 4.84 Å². The molecule has 0 atom stereocenters. The summed E-state index contributed by atoms with van der Waals surface area (Å²) < 4.78 is 0. The van der Waals surface area contributed by atoms with E-state index >= 15 is 0 Å². The van der Waals surface area contributed by atoms with Gasteiger partial charge in [0.2, 0.25) is 0 Å². The second-order valence-electron chi connectivity index (χ2n) is 2.37. The van der Waals surface area contributed by atoms with E-state index in [1.807, 2.05) is 30.3 Å². The molecule has 0 N–H and O–H groups in total. The minimum Gasteiger partial charge on any atom is -0.276 e. The van der Waals surface area contributed by atoms with Crippen LogP contribution < -0.4 is 5.06 Å². The molecule has 0 aliphatic carbocycles. The highest BCUT2D eigenvalue weighted by Crippen LogP contribution is 2.12. The van der Waals surface area contributed by atoms with Crippen LogP contribution in [-0.4, -0.2) is 13.7 Å². The van der Waals surface area contributed by atoms with Gasteiger partial charge in [-0.3, -0.25) is 9.90 Å².